The highest BCUT2D eigenvalue weighted by Crippen LogP contribution is 2.47. The van der Waals surface area contributed by atoms with Crippen molar-refractivity contribution in [1.29, 1.82) is 0 Å². The van der Waals surface area contributed by atoms with E-state index in [1.165, 1.54) is 116 Å². The van der Waals surface area contributed by atoms with Gasteiger partial charge in [-0.25, -0.2) is 4.57 Å². The summed E-state index contributed by atoms with van der Waals surface area (Å²) in [5, 5.41) is 50.1. The second kappa shape index (κ2) is 37.0. The molecule has 1 aliphatic carbocycles. The second-order valence-electron chi connectivity index (χ2n) is 17.0. The molecule has 8 atom stereocenters. The molecule has 13 nitrogen and oxygen atoms in total. The number of hydrogen-bond acceptors (Lipinski definition) is 12. The van der Waals surface area contributed by atoms with E-state index in [1.54, 1.807) is 0 Å². The Labute approximate surface area is 363 Å². The lowest BCUT2D eigenvalue weighted by Crippen LogP contribution is -2.64. The predicted octanol–water partition coefficient (Wildman–Crippen LogP) is 9.45. The zero-order chi connectivity index (χ0) is 44.3. The fourth-order valence-electron chi connectivity index (χ4n) is 7.46. The molecule has 0 amide bonds. The molecule has 0 aromatic carbocycles. The first-order valence-corrected chi connectivity index (χ1v) is 25.5. The van der Waals surface area contributed by atoms with Crippen LogP contribution in [-0.2, 0) is 32.7 Å². The van der Waals surface area contributed by atoms with E-state index >= 15 is 0 Å². The van der Waals surface area contributed by atoms with Gasteiger partial charge < -0.3 is 39.9 Å². The number of aliphatic hydroxyl groups excluding tert-OH is 5. The van der Waals surface area contributed by atoms with Crippen LogP contribution in [0.25, 0.3) is 0 Å². The standard InChI is InChI=1S/C46H87O13P/c1-3-5-7-9-11-13-15-17-18-19-20-21-22-23-25-26-28-30-32-34-39(47)56-36-38(58-40(48)35-33-31-29-27-24-16-14-12-10-8-6-4-2)37-57-60(54,55)59-46-44(52)42(50)41(49)43(51)45(46)53/h12,14,38,41-46,49-53H,3-11,13,15-37H2,1-2H3,(H,54,55)/b14-12-/t38-,41?,42-,43?,44?,45?,46?/m1/s1. The average molecular weight is 879 g/mol. The Bertz CT molecular complexity index is 1110. The van der Waals surface area contributed by atoms with E-state index < -0.39 is 75.7 Å². The first-order chi connectivity index (χ1) is 28.9. The molecule has 0 saturated heterocycles. The van der Waals surface area contributed by atoms with Crippen LogP contribution in [0, 0.1) is 0 Å². The van der Waals surface area contributed by atoms with Gasteiger partial charge in [0, 0.05) is 12.8 Å². The van der Waals surface area contributed by atoms with Crippen molar-refractivity contribution in [3.63, 3.8) is 0 Å². The minimum atomic E-state index is -5.11. The molecule has 1 fully saturated rings. The Morgan fingerprint density at radius 2 is 0.850 bits per heavy atom. The number of aliphatic hydroxyl groups is 5. The Hall–Kier alpha value is -1.41. The molecule has 14 heteroatoms. The second-order valence-corrected chi connectivity index (χ2v) is 18.4. The normalized spacial score (nSPS) is 22.2. The summed E-state index contributed by atoms with van der Waals surface area (Å²) >= 11 is 0. The van der Waals surface area contributed by atoms with Crippen molar-refractivity contribution >= 4 is 19.8 Å². The van der Waals surface area contributed by atoms with Crippen LogP contribution in [0.4, 0.5) is 0 Å². The number of unbranched alkanes of at least 4 members (excludes halogenated alkanes) is 26. The Morgan fingerprint density at radius 3 is 1.30 bits per heavy atom. The molecule has 6 unspecified atom stereocenters. The third-order valence-electron chi connectivity index (χ3n) is 11.4. The SMILES string of the molecule is CCCCC/C=C\CCCCCCCC(=O)O[C@H](COC(=O)CCCCCCCCCCCCCCCCCCCCC)COP(=O)(O)OC1C(O)C(O)C(O)[C@@H](O)C1O. The van der Waals surface area contributed by atoms with Gasteiger partial charge in [0.25, 0.3) is 0 Å². The van der Waals surface area contributed by atoms with E-state index in [0.717, 1.165) is 57.8 Å². The van der Waals surface area contributed by atoms with Crippen molar-refractivity contribution in [2.45, 2.75) is 256 Å². The number of hydrogen-bond donors (Lipinski definition) is 6. The summed E-state index contributed by atoms with van der Waals surface area (Å²) in [7, 11) is -5.11. The molecule has 0 aromatic rings. The summed E-state index contributed by atoms with van der Waals surface area (Å²) in [5.41, 5.74) is 0. The molecular weight excluding hydrogens is 791 g/mol. The molecule has 60 heavy (non-hydrogen) atoms. The van der Waals surface area contributed by atoms with Gasteiger partial charge in [0.1, 0.15) is 43.2 Å². The molecule has 0 radical (unpaired) electrons. The molecule has 6 N–H and O–H groups in total. The lowest BCUT2D eigenvalue weighted by Gasteiger charge is -2.41. The molecule has 1 saturated carbocycles. The monoisotopic (exact) mass is 879 g/mol. The molecule has 0 aromatic heterocycles. The highest BCUT2D eigenvalue weighted by atomic mass is 31.2. The van der Waals surface area contributed by atoms with E-state index in [-0.39, 0.29) is 12.8 Å². The molecule has 1 rings (SSSR count). The molecule has 0 aliphatic heterocycles. The topological polar surface area (TPSA) is 210 Å². The average Bonchev–Trinajstić information content (AvgIpc) is 3.23. The van der Waals surface area contributed by atoms with E-state index in [9.17, 15) is 44.6 Å². The van der Waals surface area contributed by atoms with Gasteiger partial charge in [-0.1, -0.05) is 174 Å². The van der Waals surface area contributed by atoms with Gasteiger partial charge in [0.05, 0.1) is 6.61 Å². The van der Waals surface area contributed by atoms with Gasteiger partial charge in [-0.2, -0.15) is 0 Å². The minimum Gasteiger partial charge on any atom is -0.462 e. The summed E-state index contributed by atoms with van der Waals surface area (Å²) in [6.45, 7) is 3.28. The van der Waals surface area contributed by atoms with Crippen molar-refractivity contribution in [3.05, 3.63) is 12.2 Å². The van der Waals surface area contributed by atoms with Gasteiger partial charge in [0.15, 0.2) is 6.10 Å². The van der Waals surface area contributed by atoms with Crippen LogP contribution in [-0.4, -0.2) is 98.3 Å². The maximum Gasteiger partial charge on any atom is 0.472 e. The maximum atomic E-state index is 12.8. The summed E-state index contributed by atoms with van der Waals surface area (Å²) in [4.78, 5) is 35.7. The fraction of sp³-hybridized carbons (Fsp3) is 0.913. The molecule has 0 heterocycles. The smallest absolute Gasteiger partial charge is 0.462 e. The number of esters is 2. The van der Waals surface area contributed by atoms with Crippen LogP contribution in [0.15, 0.2) is 12.2 Å². The predicted molar refractivity (Wildman–Crippen MR) is 235 cm³/mol. The Kier molecular flexibility index (Phi) is 34.9. The first-order valence-electron chi connectivity index (χ1n) is 24.0. The fourth-order valence-corrected chi connectivity index (χ4v) is 8.43. The van der Waals surface area contributed by atoms with Crippen molar-refractivity contribution in [3.8, 4) is 0 Å². The van der Waals surface area contributed by atoms with Crippen LogP contribution in [0.1, 0.15) is 213 Å². The first kappa shape index (κ1) is 56.6. The molecule has 0 spiro atoms. The zero-order valence-corrected chi connectivity index (χ0v) is 38.4. The molecule has 354 valence electrons. The summed E-state index contributed by atoms with van der Waals surface area (Å²) < 4.78 is 33.5. The van der Waals surface area contributed by atoms with Crippen LogP contribution in [0.5, 0.6) is 0 Å². The number of rotatable bonds is 40. The van der Waals surface area contributed by atoms with Gasteiger partial charge in [-0.15, -0.1) is 0 Å². The number of phosphoric ester groups is 1. The molecular formula is C46H87O13P. The van der Waals surface area contributed by atoms with Gasteiger partial charge in [-0.05, 0) is 38.5 Å². The van der Waals surface area contributed by atoms with Crippen LogP contribution in [0.3, 0.4) is 0 Å². The van der Waals surface area contributed by atoms with Crippen LogP contribution < -0.4 is 0 Å². The van der Waals surface area contributed by atoms with Crippen molar-refractivity contribution in [2.75, 3.05) is 13.2 Å². The highest BCUT2D eigenvalue weighted by molar-refractivity contribution is 7.47. The van der Waals surface area contributed by atoms with Crippen molar-refractivity contribution in [1.82, 2.24) is 0 Å². The number of phosphoric acid groups is 1. The summed E-state index contributed by atoms with van der Waals surface area (Å²) in [5.74, 6) is -1.10. The van der Waals surface area contributed by atoms with Crippen molar-refractivity contribution in [2.24, 2.45) is 0 Å². The number of carbonyl (C=O) groups is 2. The minimum absolute atomic E-state index is 0.0903. The third kappa shape index (κ3) is 29.0. The number of carbonyl (C=O) groups excluding carboxylic acids is 2. The van der Waals surface area contributed by atoms with E-state index in [0.29, 0.717) is 12.8 Å². The molecule has 0 bridgehead atoms. The van der Waals surface area contributed by atoms with Crippen molar-refractivity contribution < 1.29 is 63.1 Å². The van der Waals surface area contributed by atoms with E-state index in [2.05, 4.69) is 26.0 Å². The van der Waals surface area contributed by atoms with Gasteiger partial charge >= 0.3 is 19.8 Å². The lowest BCUT2D eigenvalue weighted by atomic mass is 9.85. The maximum absolute atomic E-state index is 12.8. The van der Waals surface area contributed by atoms with Gasteiger partial charge in [0.2, 0.25) is 0 Å². The van der Waals surface area contributed by atoms with E-state index in [1.807, 2.05) is 0 Å². The summed E-state index contributed by atoms with van der Waals surface area (Å²) in [6.07, 6.45) is 25.6. The number of allylic oxidation sites excluding steroid dienone is 2. The third-order valence-corrected chi connectivity index (χ3v) is 12.3. The quantitative estimate of drug-likeness (QED) is 0.0147. The Morgan fingerprint density at radius 1 is 0.500 bits per heavy atom. The summed E-state index contributed by atoms with van der Waals surface area (Å²) in [6, 6.07) is 0. The largest absolute Gasteiger partial charge is 0.472 e. The van der Waals surface area contributed by atoms with Crippen LogP contribution >= 0.6 is 7.82 Å². The van der Waals surface area contributed by atoms with Crippen LogP contribution in [0.2, 0.25) is 0 Å². The zero-order valence-electron chi connectivity index (χ0n) is 37.5. The van der Waals surface area contributed by atoms with Gasteiger partial charge in [-0.3, -0.25) is 18.6 Å². The Balaban J connectivity index is 2.40. The highest BCUT2D eigenvalue weighted by Gasteiger charge is 2.51. The van der Waals surface area contributed by atoms with E-state index in [4.69, 9.17) is 18.5 Å². The number of ether oxygens (including phenoxy) is 2. The molecule has 1 aliphatic rings. The lowest BCUT2D eigenvalue weighted by molar-refractivity contribution is -0.220.